The van der Waals surface area contributed by atoms with Crippen LogP contribution in [0.3, 0.4) is 0 Å². The number of carboxylic acid groups (broad SMARTS) is 2. The first-order valence-corrected chi connectivity index (χ1v) is 10.0. The highest BCUT2D eigenvalue weighted by Gasteiger charge is 2.27. The highest BCUT2D eigenvalue weighted by molar-refractivity contribution is 5.85. The fraction of sp³-hybridized carbons (Fsp3) is 0.348. The Kier molecular flexibility index (Phi) is 6.84. The molecule has 1 aromatic heterocycles. The molecule has 0 spiro atoms. The minimum absolute atomic E-state index is 0.130. The van der Waals surface area contributed by atoms with Gasteiger partial charge in [-0.1, -0.05) is 56.3 Å². The predicted molar refractivity (Wildman–Crippen MR) is 114 cm³/mol. The Bertz CT molecular complexity index is 1020. The lowest BCUT2D eigenvalue weighted by atomic mass is 10.0. The molecule has 2 aromatic carbocycles. The molecule has 3 N–H and O–H groups in total. The number of rotatable bonds is 10. The number of nitrogens with zero attached hydrogens (tertiary/aromatic N) is 2. The lowest BCUT2D eigenvalue weighted by Crippen LogP contribution is -2.49. The average molecular weight is 409 g/mol. The summed E-state index contributed by atoms with van der Waals surface area (Å²) in [6.07, 6.45) is 3.82. The van der Waals surface area contributed by atoms with Crippen molar-refractivity contribution in [2.75, 3.05) is 0 Å². The molecule has 0 aliphatic heterocycles. The van der Waals surface area contributed by atoms with Gasteiger partial charge in [0.15, 0.2) is 0 Å². The second kappa shape index (κ2) is 9.54. The Hall–Kier alpha value is -3.19. The van der Waals surface area contributed by atoms with E-state index in [2.05, 4.69) is 28.5 Å². The van der Waals surface area contributed by atoms with Crippen LogP contribution in [-0.2, 0) is 22.6 Å². The molecule has 0 saturated heterocycles. The molecule has 1 unspecified atom stereocenters. The first-order valence-electron chi connectivity index (χ1n) is 10.0. The van der Waals surface area contributed by atoms with Crippen LogP contribution in [-0.4, -0.2) is 43.8 Å². The van der Waals surface area contributed by atoms with Crippen LogP contribution in [0.15, 0.2) is 55.0 Å². The van der Waals surface area contributed by atoms with Gasteiger partial charge in [-0.3, -0.25) is 14.9 Å². The Morgan fingerprint density at radius 1 is 1.03 bits per heavy atom. The molecular weight excluding hydrogens is 382 g/mol. The molecule has 0 aliphatic rings. The molecule has 0 fully saturated rings. The van der Waals surface area contributed by atoms with Crippen molar-refractivity contribution in [2.45, 2.75) is 45.3 Å². The fourth-order valence-electron chi connectivity index (χ4n) is 3.66. The van der Waals surface area contributed by atoms with E-state index in [1.54, 1.807) is 12.5 Å². The highest BCUT2D eigenvalue weighted by atomic mass is 16.4. The maximum Gasteiger partial charge on any atom is 0.321 e. The number of carbonyl (C=O) groups is 2. The highest BCUT2D eigenvalue weighted by Crippen LogP contribution is 2.20. The molecule has 7 heteroatoms. The van der Waals surface area contributed by atoms with Gasteiger partial charge in [0.1, 0.15) is 12.1 Å². The van der Waals surface area contributed by atoms with E-state index in [1.807, 2.05) is 42.7 Å². The van der Waals surface area contributed by atoms with Gasteiger partial charge in [-0.05, 0) is 28.7 Å². The normalized spacial score (nSPS) is 13.4. The summed E-state index contributed by atoms with van der Waals surface area (Å²) in [6.45, 7) is 4.37. The van der Waals surface area contributed by atoms with Gasteiger partial charge in [0.05, 0.1) is 6.33 Å². The predicted octanol–water partition coefficient (Wildman–Crippen LogP) is 3.17. The molecule has 0 aliphatic carbocycles. The fourth-order valence-corrected chi connectivity index (χ4v) is 3.66. The minimum Gasteiger partial charge on any atom is -0.480 e. The van der Waals surface area contributed by atoms with Gasteiger partial charge in [0, 0.05) is 24.9 Å². The van der Waals surface area contributed by atoms with E-state index in [0.29, 0.717) is 13.0 Å². The van der Waals surface area contributed by atoms with Crippen molar-refractivity contribution < 1.29 is 19.8 Å². The Morgan fingerprint density at radius 3 is 2.43 bits per heavy atom. The first-order chi connectivity index (χ1) is 14.3. The lowest BCUT2D eigenvalue weighted by molar-refractivity contribution is -0.142. The summed E-state index contributed by atoms with van der Waals surface area (Å²) >= 11 is 0. The second-order valence-corrected chi connectivity index (χ2v) is 7.93. The number of imidazole rings is 1. The number of benzene rings is 2. The molecule has 158 valence electrons. The third-order valence-corrected chi connectivity index (χ3v) is 5.14. The van der Waals surface area contributed by atoms with Crippen molar-refractivity contribution in [3.05, 3.63) is 66.2 Å². The monoisotopic (exact) mass is 409 g/mol. The number of fused-ring (bicyclic) bond motifs is 1. The molecule has 1 heterocycles. The summed E-state index contributed by atoms with van der Waals surface area (Å²) in [7, 11) is 0. The van der Waals surface area contributed by atoms with Crippen molar-refractivity contribution in [1.29, 1.82) is 0 Å². The first kappa shape index (κ1) is 21.5. The quantitative estimate of drug-likeness (QED) is 0.475. The van der Waals surface area contributed by atoms with Crippen LogP contribution in [0.4, 0.5) is 0 Å². The van der Waals surface area contributed by atoms with E-state index in [-0.39, 0.29) is 12.3 Å². The summed E-state index contributed by atoms with van der Waals surface area (Å²) in [5, 5.41) is 24.2. The average Bonchev–Trinajstić information content (AvgIpc) is 3.13. The topological polar surface area (TPSA) is 104 Å². The van der Waals surface area contributed by atoms with Crippen LogP contribution in [0, 0.1) is 5.92 Å². The van der Waals surface area contributed by atoms with E-state index < -0.39 is 24.0 Å². The van der Waals surface area contributed by atoms with Crippen molar-refractivity contribution in [3.63, 3.8) is 0 Å². The minimum atomic E-state index is -1.08. The largest absolute Gasteiger partial charge is 0.480 e. The molecule has 3 aromatic rings. The van der Waals surface area contributed by atoms with Gasteiger partial charge in [-0.15, -0.1) is 0 Å². The van der Waals surface area contributed by atoms with E-state index in [0.717, 1.165) is 22.0 Å². The molecule has 0 radical (unpaired) electrons. The van der Waals surface area contributed by atoms with Crippen molar-refractivity contribution >= 4 is 22.7 Å². The molecule has 0 saturated carbocycles. The summed E-state index contributed by atoms with van der Waals surface area (Å²) in [4.78, 5) is 27.6. The standard InChI is InChI=1S/C23H27N3O4/c1-15(2)10-20(22(27)28)25-21(23(29)30)11-18-12-24-14-26(18)13-17-8-5-7-16-6-3-4-9-19(16)17/h3-9,12,14-15,20-21,25H,10-11,13H2,1-2H3,(H,27,28)(H,29,30)/t20?,21-/m0/s1. The van der Waals surface area contributed by atoms with E-state index in [1.165, 1.54) is 0 Å². The molecule has 2 atom stereocenters. The molecule has 30 heavy (non-hydrogen) atoms. The van der Waals surface area contributed by atoms with Crippen molar-refractivity contribution in [1.82, 2.24) is 14.9 Å². The number of aromatic nitrogens is 2. The van der Waals surface area contributed by atoms with Gasteiger partial charge < -0.3 is 14.8 Å². The van der Waals surface area contributed by atoms with Gasteiger partial charge >= 0.3 is 11.9 Å². The van der Waals surface area contributed by atoms with Crippen LogP contribution in [0.5, 0.6) is 0 Å². The Labute approximate surface area is 175 Å². The van der Waals surface area contributed by atoms with Crippen LogP contribution in [0.2, 0.25) is 0 Å². The molecular formula is C23H27N3O4. The van der Waals surface area contributed by atoms with Crippen molar-refractivity contribution in [2.24, 2.45) is 5.92 Å². The number of aliphatic carboxylic acids is 2. The zero-order chi connectivity index (χ0) is 21.7. The van der Waals surface area contributed by atoms with Crippen LogP contribution in [0.25, 0.3) is 10.8 Å². The number of hydrogen-bond acceptors (Lipinski definition) is 4. The molecule has 0 bridgehead atoms. The summed E-state index contributed by atoms with van der Waals surface area (Å²) < 4.78 is 1.91. The smallest absolute Gasteiger partial charge is 0.321 e. The van der Waals surface area contributed by atoms with Crippen LogP contribution in [0.1, 0.15) is 31.5 Å². The zero-order valence-corrected chi connectivity index (χ0v) is 17.2. The van der Waals surface area contributed by atoms with Gasteiger partial charge in [0.2, 0.25) is 0 Å². The van der Waals surface area contributed by atoms with E-state index in [4.69, 9.17) is 0 Å². The lowest BCUT2D eigenvalue weighted by Gasteiger charge is -2.22. The molecule has 7 nitrogen and oxygen atoms in total. The summed E-state index contributed by atoms with van der Waals surface area (Å²) in [5.41, 5.74) is 1.84. The third-order valence-electron chi connectivity index (χ3n) is 5.14. The summed E-state index contributed by atoms with van der Waals surface area (Å²) in [5.74, 6) is -1.99. The summed E-state index contributed by atoms with van der Waals surface area (Å²) in [6, 6.07) is 12.3. The number of nitrogens with one attached hydrogen (secondary N) is 1. The van der Waals surface area contributed by atoms with Gasteiger partial charge in [0.25, 0.3) is 0 Å². The SMILES string of the molecule is CC(C)CC(N[C@@H](Cc1cncn1Cc1cccc2ccccc12)C(=O)O)C(=O)O. The Morgan fingerprint density at radius 2 is 1.73 bits per heavy atom. The van der Waals surface area contributed by atoms with E-state index >= 15 is 0 Å². The molecule has 3 rings (SSSR count). The van der Waals surface area contributed by atoms with E-state index in [9.17, 15) is 19.8 Å². The zero-order valence-electron chi connectivity index (χ0n) is 17.2. The maximum absolute atomic E-state index is 11.8. The van der Waals surface area contributed by atoms with Crippen LogP contribution >= 0.6 is 0 Å². The van der Waals surface area contributed by atoms with Gasteiger partial charge in [-0.2, -0.15) is 0 Å². The molecule has 0 amide bonds. The maximum atomic E-state index is 11.8. The van der Waals surface area contributed by atoms with Crippen molar-refractivity contribution in [3.8, 4) is 0 Å². The number of carboxylic acids is 2. The van der Waals surface area contributed by atoms with Crippen LogP contribution < -0.4 is 5.32 Å². The number of hydrogen-bond donors (Lipinski definition) is 3. The third kappa shape index (κ3) is 5.24. The second-order valence-electron chi connectivity index (χ2n) is 7.93. The van der Waals surface area contributed by atoms with Gasteiger partial charge in [-0.25, -0.2) is 4.98 Å². The Balaban J connectivity index is 1.80.